The van der Waals surface area contributed by atoms with E-state index in [0.717, 1.165) is 18.1 Å². The molecule has 1 N–H and O–H groups in total. The van der Waals surface area contributed by atoms with E-state index in [1.807, 2.05) is 16.1 Å². The maximum atomic E-state index is 15.9. The maximum absolute atomic E-state index is 15.9. The van der Waals surface area contributed by atoms with Crippen LogP contribution < -0.4 is 4.74 Å². The van der Waals surface area contributed by atoms with Crippen molar-refractivity contribution in [2.45, 2.75) is 51.9 Å². The average molecular weight is 669 g/mol. The van der Waals surface area contributed by atoms with E-state index in [-0.39, 0.29) is 17.7 Å². The molecule has 0 aliphatic carbocycles. The number of alkyl halides is 2. The Bertz CT molecular complexity index is 1870. The highest BCUT2D eigenvalue weighted by molar-refractivity contribution is 6.35. The van der Waals surface area contributed by atoms with Gasteiger partial charge < -0.3 is 19.0 Å². The van der Waals surface area contributed by atoms with Crippen LogP contribution in [0.2, 0.25) is 10.0 Å². The summed E-state index contributed by atoms with van der Waals surface area (Å²) in [6.07, 6.45) is 4.20. The molecule has 1 aliphatic rings. The molecule has 1 saturated heterocycles. The number of fused-ring (bicyclic) bond motifs is 1. The highest BCUT2D eigenvalue weighted by Crippen LogP contribution is 2.42. The number of carboxylic acid groups (broad SMARTS) is 1. The molecule has 0 spiro atoms. The molecule has 46 heavy (non-hydrogen) atoms. The van der Waals surface area contributed by atoms with Crippen molar-refractivity contribution < 1.29 is 23.4 Å². The molecular weight excluding hydrogens is 635 g/mol. The third-order valence-corrected chi connectivity index (χ3v) is 9.13. The molecule has 3 heterocycles. The summed E-state index contributed by atoms with van der Waals surface area (Å²) in [6, 6.07) is 16.1. The lowest BCUT2D eigenvalue weighted by atomic mass is 9.86. The monoisotopic (exact) mass is 667 g/mol. The summed E-state index contributed by atoms with van der Waals surface area (Å²) in [5, 5.41) is 10.4. The van der Waals surface area contributed by atoms with Gasteiger partial charge in [-0.25, -0.2) is 23.5 Å². The van der Waals surface area contributed by atoms with Crippen molar-refractivity contribution in [3.05, 3.63) is 111 Å². The minimum Gasteiger partial charge on any atom is -0.487 e. The smallest absolute Gasteiger partial charge is 0.335 e. The number of carboxylic acids is 1. The van der Waals surface area contributed by atoms with E-state index in [9.17, 15) is 9.90 Å². The number of piperidine rings is 1. The molecule has 8 nitrogen and oxygen atoms in total. The summed E-state index contributed by atoms with van der Waals surface area (Å²) in [4.78, 5) is 23.0. The van der Waals surface area contributed by atoms with Gasteiger partial charge in [0.15, 0.2) is 0 Å². The molecule has 3 aromatic carbocycles. The number of benzene rings is 3. The van der Waals surface area contributed by atoms with Gasteiger partial charge in [0, 0.05) is 29.2 Å². The molecule has 0 radical (unpaired) electrons. The van der Waals surface area contributed by atoms with Crippen LogP contribution in [0.25, 0.3) is 11.0 Å². The molecular formula is C34H33Cl2F2N5O3. The van der Waals surface area contributed by atoms with Gasteiger partial charge >= 0.3 is 5.97 Å². The first-order valence-electron chi connectivity index (χ1n) is 15.1. The standard InChI is InChI=1S/C34H33Cl2F2N5O3/c1-2-42-21-39-17-27(42)18-43-30-15-23(33(44)45)6-8-29(30)40-32(43)19-41-12-10-24(11-13-41)34(37,38)25-5-3-4-22(14-25)20-46-31-9-7-26(35)16-28(31)36/h3-9,14-17,21,24H,2,10-13,18-20H2,1H3,(H,44,45). The van der Waals surface area contributed by atoms with Crippen LogP contribution in [0.1, 0.15) is 52.8 Å². The topological polar surface area (TPSA) is 85.4 Å². The molecule has 1 aliphatic heterocycles. The summed E-state index contributed by atoms with van der Waals surface area (Å²) in [7, 11) is 0. The van der Waals surface area contributed by atoms with E-state index >= 15 is 8.78 Å². The Kier molecular flexibility index (Phi) is 9.31. The predicted octanol–water partition coefficient (Wildman–Crippen LogP) is 7.89. The number of aromatic nitrogens is 4. The number of ether oxygens (including phenoxy) is 1. The fourth-order valence-corrected chi connectivity index (χ4v) is 6.50. The second-order valence-electron chi connectivity index (χ2n) is 11.5. The number of halogens is 4. The zero-order valence-corrected chi connectivity index (χ0v) is 26.7. The van der Waals surface area contributed by atoms with Crippen LogP contribution in [0.3, 0.4) is 0 Å². The van der Waals surface area contributed by atoms with Crippen molar-refractivity contribution in [2.24, 2.45) is 5.92 Å². The summed E-state index contributed by atoms with van der Waals surface area (Å²) in [5.41, 5.74) is 3.13. The van der Waals surface area contributed by atoms with E-state index in [4.69, 9.17) is 32.9 Å². The minimum atomic E-state index is -3.01. The van der Waals surface area contributed by atoms with Crippen LogP contribution >= 0.6 is 23.2 Å². The quantitative estimate of drug-likeness (QED) is 0.154. The number of carbonyl (C=O) groups is 1. The Morgan fingerprint density at radius 3 is 2.61 bits per heavy atom. The summed E-state index contributed by atoms with van der Waals surface area (Å²) in [6.45, 7) is 4.74. The number of hydrogen-bond donors (Lipinski definition) is 1. The summed E-state index contributed by atoms with van der Waals surface area (Å²) < 4.78 is 41.5. The van der Waals surface area contributed by atoms with E-state index in [1.54, 1.807) is 61.1 Å². The first kappa shape index (κ1) is 32.0. The highest BCUT2D eigenvalue weighted by atomic mass is 35.5. The number of aromatic carboxylic acids is 1. The number of hydrogen-bond acceptors (Lipinski definition) is 5. The molecule has 0 unspecified atom stereocenters. The largest absolute Gasteiger partial charge is 0.487 e. The van der Waals surface area contributed by atoms with Crippen molar-refractivity contribution in [1.29, 1.82) is 0 Å². The van der Waals surface area contributed by atoms with Crippen LogP contribution in [0.15, 0.2) is 73.2 Å². The number of likely N-dealkylation sites (tertiary alicyclic amines) is 1. The molecule has 0 bridgehead atoms. The third kappa shape index (κ3) is 6.74. The Labute approximate surface area is 275 Å². The van der Waals surface area contributed by atoms with Crippen molar-refractivity contribution in [1.82, 2.24) is 24.0 Å². The Hall–Kier alpha value is -3.99. The van der Waals surface area contributed by atoms with Crippen molar-refractivity contribution in [3.8, 4) is 5.75 Å². The molecule has 1 fully saturated rings. The molecule has 2 aromatic heterocycles. The fraction of sp³-hybridized carbons (Fsp3) is 0.324. The van der Waals surface area contributed by atoms with Crippen LogP contribution in [0, 0.1) is 5.92 Å². The Morgan fingerprint density at radius 1 is 1.07 bits per heavy atom. The molecule has 0 amide bonds. The molecule has 6 rings (SSSR count). The highest BCUT2D eigenvalue weighted by Gasteiger charge is 2.42. The predicted molar refractivity (Wildman–Crippen MR) is 173 cm³/mol. The second kappa shape index (κ2) is 13.4. The summed E-state index contributed by atoms with van der Waals surface area (Å²) >= 11 is 12.1. The lowest BCUT2D eigenvalue weighted by Crippen LogP contribution is -2.39. The van der Waals surface area contributed by atoms with E-state index < -0.39 is 17.8 Å². The van der Waals surface area contributed by atoms with E-state index in [2.05, 4.69) is 9.88 Å². The van der Waals surface area contributed by atoms with Crippen molar-refractivity contribution in [2.75, 3.05) is 13.1 Å². The lowest BCUT2D eigenvalue weighted by molar-refractivity contribution is -0.0863. The van der Waals surface area contributed by atoms with Gasteiger partial charge in [-0.1, -0.05) is 41.4 Å². The van der Waals surface area contributed by atoms with Gasteiger partial charge in [0.25, 0.3) is 5.92 Å². The Balaban J connectivity index is 1.15. The fourth-order valence-electron chi connectivity index (χ4n) is 6.04. The first-order valence-corrected chi connectivity index (χ1v) is 15.9. The zero-order valence-electron chi connectivity index (χ0n) is 25.2. The minimum absolute atomic E-state index is 0.0298. The molecule has 0 saturated carbocycles. The molecule has 240 valence electrons. The average Bonchev–Trinajstić information content (AvgIpc) is 3.64. The van der Waals surface area contributed by atoms with Gasteiger partial charge in [0.1, 0.15) is 18.2 Å². The van der Waals surface area contributed by atoms with Crippen LogP contribution in [0.5, 0.6) is 5.75 Å². The maximum Gasteiger partial charge on any atom is 0.335 e. The Morgan fingerprint density at radius 2 is 1.87 bits per heavy atom. The van der Waals surface area contributed by atoms with Gasteiger partial charge in [-0.2, -0.15) is 0 Å². The lowest BCUT2D eigenvalue weighted by Gasteiger charge is -2.36. The van der Waals surface area contributed by atoms with Crippen LogP contribution in [0.4, 0.5) is 8.78 Å². The van der Waals surface area contributed by atoms with Gasteiger partial charge in [-0.3, -0.25) is 4.90 Å². The number of aryl methyl sites for hydroxylation is 1. The number of imidazole rings is 2. The third-order valence-electron chi connectivity index (χ3n) is 8.60. The van der Waals surface area contributed by atoms with E-state index in [1.165, 1.54) is 12.1 Å². The van der Waals surface area contributed by atoms with Crippen LogP contribution in [-0.4, -0.2) is 48.2 Å². The van der Waals surface area contributed by atoms with Crippen molar-refractivity contribution >= 4 is 40.2 Å². The molecule has 0 atom stereocenters. The van der Waals surface area contributed by atoms with Crippen molar-refractivity contribution in [3.63, 3.8) is 0 Å². The van der Waals surface area contributed by atoms with Crippen LogP contribution in [-0.2, 0) is 32.2 Å². The number of rotatable bonds is 11. The van der Waals surface area contributed by atoms with Gasteiger partial charge in [-0.05, 0) is 80.9 Å². The number of nitrogens with zero attached hydrogens (tertiary/aromatic N) is 5. The molecule has 12 heteroatoms. The molecule has 5 aromatic rings. The zero-order chi connectivity index (χ0) is 32.4. The van der Waals surface area contributed by atoms with Gasteiger partial charge in [0.05, 0.1) is 46.7 Å². The van der Waals surface area contributed by atoms with Gasteiger partial charge in [0.2, 0.25) is 0 Å². The second-order valence-corrected chi connectivity index (χ2v) is 12.4. The first-order chi connectivity index (χ1) is 22.1. The SMILES string of the molecule is CCn1cncc1Cn1c(CN2CCC(C(F)(F)c3cccc(COc4ccc(Cl)cc4Cl)c3)CC2)nc2ccc(C(=O)O)cc21. The summed E-state index contributed by atoms with van der Waals surface area (Å²) in [5.74, 6) is -3.66. The van der Waals surface area contributed by atoms with E-state index in [0.29, 0.717) is 71.4 Å². The normalized spacial score (nSPS) is 14.6. The van der Waals surface area contributed by atoms with Gasteiger partial charge in [-0.15, -0.1) is 0 Å².